The first kappa shape index (κ1) is 93.1. The maximum atomic E-state index is 13.1. The molecule has 0 amide bonds. The molecule has 0 aromatic carbocycles. The Morgan fingerprint density at radius 3 is 0.747 bits per heavy atom. The van der Waals surface area contributed by atoms with Gasteiger partial charge in [0.2, 0.25) is 0 Å². The standard InChI is InChI=1S/C76H148O17P2/c1-9-69(8)55-47-39-31-23-18-16-14-12-10-11-13-15-17-19-24-32-40-48-56-73(78)86-62-71(92-75(80)58-50-42-33-25-21-20-22-28-36-44-52-66(2)3)64-90-94(82,83)88-60-70(77)61-89-95(84,85)91-65-72(93-76(81)59-51-43-35-27-30-38-46-54-68(6)7)63-87-74(79)57-49-41-34-26-29-37-45-53-67(4)5/h66-72,77H,9-65H2,1-8H3,(H,82,83)(H,84,85)/t69?,70?,71-,72-/m1/s1. The number of carbonyl (C=O) groups excluding carboxylic acids is 4. The van der Waals surface area contributed by atoms with E-state index in [9.17, 15) is 43.2 Å². The summed E-state index contributed by atoms with van der Waals surface area (Å²) in [6, 6.07) is 0. The van der Waals surface area contributed by atoms with Crippen LogP contribution >= 0.6 is 15.6 Å². The lowest BCUT2D eigenvalue weighted by Gasteiger charge is -2.21. The van der Waals surface area contributed by atoms with Crippen LogP contribution in [0.1, 0.15) is 383 Å². The molecule has 3 N–H and O–H groups in total. The van der Waals surface area contributed by atoms with Gasteiger partial charge in [0.1, 0.15) is 19.3 Å². The van der Waals surface area contributed by atoms with E-state index < -0.39 is 97.5 Å². The molecule has 0 aromatic heterocycles. The molecule has 0 fully saturated rings. The van der Waals surface area contributed by atoms with Crippen molar-refractivity contribution in [3.05, 3.63) is 0 Å². The summed E-state index contributed by atoms with van der Waals surface area (Å²) in [5, 5.41) is 10.6. The Bertz CT molecular complexity index is 1870. The molecule has 0 radical (unpaired) electrons. The molecule has 0 aliphatic rings. The molecule has 0 saturated heterocycles. The summed E-state index contributed by atoms with van der Waals surface area (Å²) in [6.07, 6.45) is 50.3. The van der Waals surface area contributed by atoms with Gasteiger partial charge in [-0.15, -0.1) is 0 Å². The van der Waals surface area contributed by atoms with E-state index in [4.69, 9.17) is 37.0 Å². The van der Waals surface area contributed by atoms with Gasteiger partial charge in [-0.05, 0) is 49.4 Å². The molecule has 0 saturated carbocycles. The van der Waals surface area contributed by atoms with E-state index in [2.05, 4.69) is 55.4 Å². The van der Waals surface area contributed by atoms with Gasteiger partial charge < -0.3 is 33.8 Å². The van der Waals surface area contributed by atoms with Crippen LogP contribution < -0.4 is 0 Å². The Labute approximate surface area is 581 Å². The minimum atomic E-state index is -4.96. The second kappa shape index (κ2) is 65.4. The van der Waals surface area contributed by atoms with Crippen molar-refractivity contribution in [2.45, 2.75) is 401 Å². The van der Waals surface area contributed by atoms with Crippen molar-refractivity contribution < 1.29 is 80.2 Å². The number of phosphoric acid groups is 2. The molecule has 564 valence electrons. The van der Waals surface area contributed by atoms with Crippen LogP contribution in [0.3, 0.4) is 0 Å². The monoisotopic (exact) mass is 1400 g/mol. The van der Waals surface area contributed by atoms with Crippen molar-refractivity contribution in [2.24, 2.45) is 23.7 Å². The predicted molar refractivity (Wildman–Crippen MR) is 386 cm³/mol. The number of hydrogen-bond acceptors (Lipinski definition) is 15. The van der Waals surface area contributed by atoms with Crippen LogP contribution in [0.5, 0.6) is 0 Å². The summed E-state index contributed by atoms with van der Waals surface area (Å²) in [5.41, 5.74) is 0. The lowest BCUT2D eigenvalue weighted by atomic mass is 9.99. The van der Waals surface area contributed by atoms with E-state index in [1.807, 2.05) is 0 Å². The van der Waals surface area contributed by atoms with Gasteiger partial charge >= 0.3 is 39.5 Å². The van der Waals surface area contributed by atoms with Crippen molar-refractivity contribution in [1.82, 2.24) is 0 Å². The summed E-state index contributed by atoms with van der Waals surface area (Å²) in [5.74, 6) is 0.901. The zero-order valence-corrected chi connectivity index (χ0v) is 64.1. The Hall–Kier alpha value is -1.94. The topological polar surface area (TPSA) is 237 Å². The number of hydrogen-bond donors (Lipinski definition) is 3. The summed E-state index contributed by atoms with van der Waals surface area (Å²) >= 11 is 0. The van der Waals surface area contributed by atoms with Gasteiger partial charge in [-0.1, -0.05) is 331 Å². The molecular formula is C76H148O17P2. The van der Waals surface area contributed by atoms with E-state index in [1.54, 1.807) is 0 Å². The van der Waals surface area contributed by atoms with Crippen molar-refractivity contribution in [2.75, 3.05) is 39.6 Å². The summed E-state index contributed by atoms with van der Waals surface area (Å²) in [6.45, 7) is 14.1. The van der Waals surface area contributed by atoms with Crippen molar-refractivity contribution in [1.29, 1.82) is 0 Å². The average molecular weight is 1400 g/mol. The first-order chi connectivity index (χ1) is 45.6. The number of phosphoric ester groups is 2. The molecule has 95 heavy (non-hydrogen) atoms. The third kappa shape index (κ3) is 69.0. The molecule has 0 bridgehead atoms. The highest BCUT2D eigenvalue weighted by molar-refractivity contribution is 7.47. The molecule has 4 unspecified atom stereocenters. The summed E-state index contributed by atoms with van der Waals surface area (Å²) in [4.78, 5) is 72.7. The molecule has 17 nitrogen and oxygen atoms in total. The SMILES string of the molecule is CCC(C)CCCCCCCCCCCCCCCCCCCCC(=O)OC[C@H](COP(=O)(O)OCC(O)COP(=O)(O)OC[C@@H](COC(=O)CCCCCCCCCC(C)C)OC(=O)CCCCCCCCCC(C)C)OC(=O)CCCCCCCCCCCCC(C)C. The molecule has 0 aliphatic carbocycles. The van der Waals surface area contributed by atoms with E-state index >= 15 is 0 Å². The Morgan fingerprint density at radius 2 is 0.505 bits per heavy atom. The molecule has 0 rings (SSSR count). The smallest absolute Gasteiger partial charge is 0.462 e. The number of unbranched alkanes of at least 4 members (excludes halogenated alkanes) is 38. The quantitative estimate of drug-likeness (QED) is 0.0222. The molecule has 0 spiro atoms. The molecule has 0 aliphatic heterocycles. The fraction of sp³-hybridized carbons (Fsp3) is 0.947. The Balaban J connectivity index is 5.15. The second-order valence-electron chi connectivity index (χ2n) is 29.1. The maximum Gasteiger partial charge on any atom is 0.472 e. The van der Waals surface area contributed by atoms with Crippen LogP contribution in [0.25, 0.3) is 0 Å². The molecule has 0 heterocycles. The van der Waals surface area contributed by atoms with Gasteiger partial charge in [0.25, 0.3) is 0 Å². The van der Waals surface area contributed by atoms with Gasteiger partial charge in [0.15, 0.2) is 12.2 Å². The highest BCUT2D eigenvalue weighted by Gasteiger charge is 2.30. The van der Waals surface area contributed by atoms with Crippen LogP contribution in [0.15, 0.2) is 0 Å². The number of carbonyl (C=O) groups is 4. The van der Waals surface area contributed by atoms with Crippen molar-refractivity contribution in [3.8, 4) is 0 Å². The fourth-order valence-electron chi connectivity index (χ4n) is 11.5. The highest BCUT2D eigenvalue weighted by Crippen LogP contribution is 2.45. The number of ether oxygens (including phenoxy) is 4. The summed E-state index contributed by atoms with van der Waals surface area (Å²) < 4.78 is 68.4. The van der Waals surface area contributed by atoms with Crippen molar-refractivity contribution >= 4 is 39.5 Å². The van der Waals surface area contributed by atoms with E-state index in [0.29, 0.717) is 37.5 Å². The van der Waals surface area contributed by atoms with Gasteiger partial charge in [0.05, 0.1) is 26.4 Å². The number of rotatable bonds is 73. The Kier molecular flexibility index (Phi) is 64.0. The van der Waals surface area contributed by atoms with Gasteiger partial charge in [-0.2, -0.15) is 0 Å². The summed E-state index contributed by atoms with van der Waals surface area (Å²) in [7, 11) is -9.91. The van der Waals surface area contributed by atoms with Crippen LogP contribution in [0, 0.1) is 23.7 Å². The number of aliphatic hydroxyl groups is 1. The predicted octanol–water partition coefficient (Wildman–Crippen LogP) is 22.0. The lowest BCUT2D eigenvalue weighted by molar-refractivity contribution is -0.161. The Morgan fingerprint density at radius 1 is 0.295 bits per heavy atom. The molecule has 0 aromatic rings. The fourth-order valence-corrected chi connectivity index (χ4v) is 13.1. The van der Waals surface area contributed by atoms with E-state index in [0.717, 1.165) is 108 Å². The van der Waals surface area contributed by atoms with Crippen LogP contribution in [0.2, 0.25) is 0 Å². The average Bonchev–Trinajstić information content (AvgIpc) is 2.07. The zero-order chi connectivity index (χ0) is 70.3. The largest absolute Gasteiger partial charge is 0.472 e. The molecule has 6 atom stereocenters. The van der Waals surface area contributed by atoms with Crippen molar-refractivity contribution in [3.63, 3.8) is 0 Å². The normalized spacial score (nSPS) is 14.4. The number of esters is 4. The molecule has 19 heteroatoms. The van der Waals surface area contributed by atoms with Gasteiger partial charge in [-0.3, -0.25) is 37.3 Å². The molecular weight excluding hydrogens is 1250 g/mol. The van der Waals surface area contributed by atoms with E-state index in [1.165, 1.54) is 180 Å². The first-order valence-corrected chi connectivity index (χ1v) is 42.2. The van der Waals surface area contributed by atoms with E-state index in [-0.39, 0.29) is 25.7 Å². The second-order valence-corrected chi connectivity index (χ2v) is 32.0. The van der Waals surface area contributed by atoms with Crippen LogP contribution in [-0.4, -0.2) is 96.7 Å². The lowest BCUT2D eigenvalue weighted by Crippen LogP contribution is -2.30. The zero-order valence-electron chi connectivity index (χ0n) is 62.3. The minimum absolute atomic E-state index is 0.102. The van der Waals surface area contributed by atoms with Gasteiger partial charge in [-0.25, -0.2) is 9.13 Å². The minimum Gasteiger partial charge on any atom is -0.462 e. The van der Waals surface area contributed by atoms with Gasteiger partial charge in [0, 0.05) is 25.7 Å². The third-order valence-corrected chi connectivity index (χ3v) is 19.8. The third-order valence-electron chi connectivity index (χ3n) is 17.9. The number of aliphatic hydroxyl groups excluding tert-OH is 1. The first-order valence-electron chi connectivity index (χ1n) is 39.2. The maximum absolute atomic E-state index is 13.1. The highest BCUT2D eigenvalue weighted by atomic mass is 31.2. The van der Waals surface area contributed by atoms with Crippen LogP contribution in [0.4, 0.5) is 0 Å². The van der Waals surface area contributed by atoms with Crippen LogP contribution in [-0.2, 0) is 65.4 Å².